The molecule has 10 nitrogen and oxygen atoms in total. The van der Waals surface area contributed by atoms with Crippen molar-refractivity contribution in [3.63, 3.8) is 0 Å². The lowest BCUT2D eigenvalue weighted by atomic mass is 9.83. The van der Waals surface area contributed by atoms with Gasteiger partial charge in [0, 0.05) is 28.9 Å². The molecule has 214 valence electrons. The lowest BCUT2D eigenvalue weighted by molar-refractivity contribution is -0.136. The minimum absolute atomic E-state index is 0.0592. The van der Waals surface area contributed by atoms with E-state index in [9.17, 15) is 24.3 Å². The highest BCUT2D eigenvalue weighted by Gasteiger charge is 2.57. The van der Waals surface area contributed by atoms with Crippen molar-refractivity contribution in [1.82, 2.24) is 9.47 Å². The minimum Gasteiger partial charge on any atom is -0.504 e. The molecule has 6 rings (SSSR count). The van der Waals surface area contributed by atoms with Gasteiger partial charge in [-0.25, -0.2) is 4.90 Å². The van der Waals surface area contributed by atoms with Crippen molar-refractivity contribution in [2.75, 3.05) is 37.8 Å². The third-order valence-electron chi connectivity index (χ3n) is 7.43. The molecule has 41 heavy (non-hydrogen) atoms. The molecule has 3 atom stereocenters. The molecule has 0 saturated carbocycles. The number of aromatic nitrogens is 1. The predicted octanol–water partition coefficient (Wildman–Crippen LogP) is 3.32. The maximum Gasteiger partial charge on any atom is 0.308 e. The molecule has 3 aliphatic heterocycles. The van der Waals surface area contributed by atoms with Crippen LogP contribution in [0.25, 0.3) is 0 Å². The zero-order valence-electron chi connectivity index (χ0n) is 21.9. The van der Waals surface area contributed by atoms with Crippen LogP contribution in [-0.2, 0) is 25.7 Å². The quantitative estimate of drug-likeness (QED) is 0.420. The van der Waals surface area contributed by atoms with E-state index >= 15 is 0 Å². The van der Waals surface area contributed by atoms with Crippen LogP contribution in [0.3, 0.4) is 0 Å². The highest BCUT2D eigenvalue weighted by atomic mass is 35.5. The van der Waals surface area contributed by atoms with E-state index in [1.807, 2.05) is 0 Å². The van der Waals surface area contributed by atoms with Crippen LogP contribution < -0.4 is 14.5 Å². The summed E-state index contributed by atoms with van der Waals surface area (Å²) in [7, 11) is 0. The standard InChI is InChI=1S/C28H26ClN3O7S2/c1-2-39-19-13-15(3-8-18(19)33)21-22-23(26(36)32(25(22)35)17-6-4-16(29)5-7-17)40-27-24(21)41-28(37)31(27)14-20(34)30-9-11-38-12-10-30/h3-8,13,21-23,33H,2,9-12,14H2,1H3/t21-,22+,23-/m0/s1. The van der Waals surface area contributed by atoms with E-state index in [0.29, 0.717) is 59.1 Å². The zero-order chi connectivity index (χ0) is 28.8. The van der Waals surface area contributed by atoms with E-state index < -0.39 is 28.9 Å². The van der Waals surface area contributed by atoms with E-state index in [2.05, 4.69) is 0 Å². The number of hydrogen-bond donors (Lipinski definition) is 1. The van der Waals surface area contributed by atoms with Crippen molar-refractivity contribution in [2.24, 2.45) is 5.92 Å². The molecular weight excluding hydrogens is 590 g/mol. The first-order valence-electron chi connectivity index (χ1n) is 13.1. The number of thioether (sulfide) groups is 1. The number of morpholine rings is 1. The largest absolute Gasteiger partial charge is 0.504 e. The Hall–Kier alpha value is -3.32. The van der Waals surface area contributed by atoms with Crippen molar-refractivity contribution in [2.45, 2.75) is 29.7 Å². The first-order chi connectivity index (χ1) is 19.8. The molecule has 2 saturated heterocycles. The molecule has 13 heteroatoms. The van der Waals surface area contributed by atoms with Gasteiger partial charge in [-0.05, 0) is 48.9 Å². The summed E-state index contributed by atoms with van der Waals surface area (Å²) in [6.07, 6.45) is 0. The number of carbonyl (C=O) groups is 3. The van der Waals surface area contributed by atoms with Gasteiger partial charge in [-0.3, -0.25) is 23.7 Å². The molecule has 4 heterocycles. The second kappa shape index (κ2) is 11.2. The molecule has 3 amide bonds. The van der Waals surface area contributed by atoms with Gasteiger partial charge >= 0.3 is 4.87 Å². The Labute approximate surface area is 248 Å². The molecule has 1 aromatic heterocycles. The number of phenols is 1. The van der Waals surface area contributed by atoms with E-state index in [0.717, 1.165) is 23.1 Å². The van der Waals surface area contributed by atoms with Gasteiger partial charge < -0.3 is 19.5 Å². The van der Waals surface area contributed by atoms with Gasteiger partial charge in [0.1, 0.15) is 11.8 Å². The van der Waals surface area contributed by atoms with E-state index in [-0.39, 0.29) is 28.8 Å². The van der Waals surface area contributed by atoms with Crippen LogP contribution >= 0.6 is 34.7 Å². The highest BCUT2D eigenvalue weighted by molar-refractivity contribution is 8.00. The van der Waals surface area contributed by atoms with Crippen molar-refractivity contribution in [1.29, 1.82) is 0 Å². The topological polar surface area (TPSA) is 118 Å². The normalized spacial score (nSPS) is 22.0. The number of imide groups is 1. The fourth-order valence-electron chi connectivity index (χ4n) is 5.50. The maximum atomic E-state index is 14.0. The molecule has 3 aromatic rings. The maximum absolute atomic E-state index is 14.0. The SMILES string of the molecule is CCOc1cc([C@@H]2c3sc(=O)n(CC(=O)N4CCOCC4)c3S[C@@H]3C(=O)N(c4ccc(Cl)cc4)C(=O)[C@H]23)ccc1O. The third-order valence-corrected chi connectivity index (χ3v) is 10.3. The first kappa shape index (κ1) is 27.8. The Morgan fingerprint density at radius 1 is 1.10 bits per heavy atom. The van der Waals surface area contributed by atoms with Crippen molar-refractivity contribution in [3.05, 3.63) is 67.6 Å². The number of aromatic hydroxyl groups is 1. The van der Waals surface area contributed by atoms with Gasteiger partial charge in [0.2, 0.25) is 17.7 Å². The number of phenolic OH excluding ortho intramolecular Hbond substituents is 1. The second-order valence-corrected chi connectivity index (χ2v) is 12.4. The van der Waals surface area contributed by atoms with Crippen LogP contribution in [0.1, 0.15) is 23.3 Å². The van der Waals surface area contributed by atoms with Gasteiger partial charge in [-0.1, -0.05) is 40.8 Å². The van der Waals surface area contributed by atoms with E-state index in [1.165, 1.54) is 15.5 Å². The van der Waals surface area contributed by atoms with Gasteiger partial charge in [-0.15, -0.1) is 0 Å². The van der Waals surface area contributed by atoms with Crippen LogP contribution in [0.4, 0.5) is 5.69 Å². The van der Waals surface area contributed by atoms with Crippen LogP contribution in [0.2, 0.25) is 5.02 Å². The summed E-state index contributed by atoms with van der Waals surface area (Å²) in [6.45, 7) is 3.67. The molecule has 0 radical (unpaired) electrons. The number of fused-ring (bicyclic) bond motifs is 2. The summed E-state index contributed by atoms with van der Waals surface area (Å²) in [5.41, 5.74) is 1.02. The molecule has 3 aliphatic rings. The third kappa shape index (κ3) is 4.92. The Bertz CT molecular complexity index is 1580. The summed E-state index contributed by atoms with van der Waals surface area (Å²) in [5, 5.41) is 10.5. The van der Waals surface area contributed by atoms with Gasteiger partial charge in [0.15, 0.2) is 11.5 Å². The molecule has 0 spiro atoms. The summed E-state index contributed by atoms with van der Waals surface area (Å²) in [5.74, 6) is -2.34. The monoisotopic (exact) mass is 615 g/mol. The average Bonchev–Trinajstić information content (AvgIpc) is 3.41. The number of hydrogen-bond acceptors (Lipinski definition) is 9. The highest BCUT2D eigenvalue weighted by Crippen LogP contribution is 2.54. The van der Waals surface area contributed by atoms with Crippen molar-refractivity contribution < 1.29 is 29.0 Å². The number of amides is 3. The molecule has 0 bridgehead atoms. The number of halogens is 1. The molecular formula is C28H26ClN3O7S2. The fourth-order valence-corrected chi connectivity index (χ4v) is 8.40. The number of benzene rings is 2. The Morgan fingerprint density at radius 2 is 1.83 bits per heavy atom. The van der Waals surface area contributed by atoms with E-state index in [1.54, 1.807) is 48.2 Å². The Balaban J connectivity index is 1.45. The summed E-state index contributed by atoms with van der Waals surface area (Å²) < 4.78 is 12.4. The Morgan fingerprint density at radius 3 is 2.54 bits per heavy atom. The summed E-state index contributed by atoms with van der Waals surface area (Å²) in [6, 6.07) is 11.3. The number of rotatable bonds is 6. The lowest BCUT2D eigenvalue weighted by Gasteiger charge is -2.31. The predicted molar refractivity (Wildman–Crippen MR) is 154 cm³/mol. The van der Waals surface area contributed by atoms with Crippen LogP contribution in [0, 0.1) is 5.92 Å². The molecule has 0 aliphatic carbocycles. The molecule has 1 N–H and O–H groups in total. The lowest BCUT2D eigenvalue weighted by Crippen LogP contribution is -2.43. The van der Waals surface area contributed by atoms with Crippen LogP contribution in [0.5, 0.6) is 11.5 Å². The van der Waals surface area contributed by atoms with Gasteiger partial charge in [0.05, 0.1) is 36.5 Å². The van der Waals surface area contributed by atoms with Crippen LogP contribution in [0.15, 0.2) is 52.3 Å². The number of thiazole rings is 1. The fraction of sp³-hybridized carbons (Fsp3) is 0.357. The molecule has 2 aromatic carbocycles. The Kier molecular flexibility index (Phi) is 7.58. The van der Waals surface area contributed by atoms with Crippen molar-refractivity contribution in [3.8, 4) is 11.5 Å². The summed E-state index contributed by atoms with van der Waals surface area (Å²) >= 11 is 8.18. The number of nitrogens with zero attached hydrogens (tertiary/aromatic N) is 3. The average molecular weight is 616 g/mol. The smallest absolute Gasteiger partial charge is 0.308 e. The van der Waals surface area contributed by atoms with Gasteiger partial charge in [0.25, 0.3) is 0 Å². The molecule has 2 fully saturated rings. The summed E-state index contributed by atoms with van der Waals surface area (Å²) in [4.78, 5) is 57.4. The zero-order valence-corrected chi connectivity index (χ0v) is 24.3. The van der Waals surface area contributed by atoms with Crippen molar-refractivity contribution >= 4 is 58.1 Å². The van der Waals surface area contributed by atoms with Crippen LogP contribution in [-0.4, -0.2) is 70.5 Å². The number of carbonyl (C=O) groups excluding carboxylic acids is 3. The second-order valence-electron chi connectivity index (χ2n) is 9.81. The van der Waals surface area contributed by atoms with E-state index in [4.69, 9.17) is 21.1 Å². The molecule has 0 unspecified atom stereocenters. The number of ether oxygens (including phenoxy) is 2. The van der Waals surface area contributed by atoms with Gasteiger partial charge in [-0.2, -0.15) is 0 Å². The number of anilines is 1. The minimum atomic E-state index is -0.834. The first-order valence-corrected chi connectivity index (χ1v) is 15.2.